The Labute approximate surface area is 114 Å². The van der Waals surface area contributed by atoms with Crippen LogP contribution < -0.4 is 0 Å². The van der Waals surface area contributed by atoms with E-state index in [4.69, 9.17) is 9.15 Å². The lowest BCUT2D eigenvalue weighted by atomic mass is 10.1. The van der Waals surface area contributed by atoms with E-state index < -0.39 is 0 Å². The summed E-state index contributed by atoms with van der Waals surface area (Å²) in [7, 11) is 0. The van der Waals surface area contributed by atoms with E-state index in [9.17, 15) is 4.79 Å². The molecule has 0 saturated heterocycles. The van der Waals surface area contributed by atoms with Crippen molar-refractivity contribution in [2.24, 2.45) is 0 Å². The first-order valence-electron chi connectivity index (χ1n) is 5.94. The number of benzene rings is 1. The van der Waals surface area contributed by atoms with Crippen molar-refractivity contribution < 1.29 is 13.9 Å². The van der Waals surface area contributed by atoms with Gasteiger partial charge >= 0.3 is 0 Å². The van der Waals surface area contributed by atoms with Gasteiger partial charge in [0, 0.05) is 10.3 Å². The molecule has 4 heteroatoms. The maximum atomic E-state index is 12.1. The van der Waals surface area contributed by atoms with Crippen LogP contribution in [0.4, 0.5) is 0 Å². The van der Waals surface area contributed by atoms with Gasteiger partial charge in [-0.3, -0.25) is 4.79 Å². The number of Topliss-reactive ketones (excluding diaryl/α,β-unsaturated/α-hetero) is 1. The van der Waals surface area contributed by atoms with Crippen LogP contribution in [0.1, 0.15) is 15.2 Å². The average Bonchev–Trinajstić information content (AvgIpc) is 3.07. The minimum atomic E-state index is -0.0542. The second-order valence-electron chi connectivity index (χ2n) is 4.14. The van der Waals surface area contributed by atoms with E-state index in [0.29, 0.717) is 12.2 Å². The predicted molar refractivity (Wildman–Crippen MR) is 74.5 cm³/mol. The van der Waals surface area contributed by atoms with E-state index in [2.05, 4.69) is 0 Å². The van der Waals surface area contributed by atoms with Gasteiger partial charge in [0.2, 0.25) is 0 Å². The third-order valence-corrected chi connectivity index (χ3v) is 3.69. The van der Waals surface area contributed by atoms with Crippen molar-refractivity contribution in [3.63, 3.8) is 0 Å². The minimum Gasteiger partial charge on any atom is -0.464 e. The van der Waals surface area contributed by atoms with Gasteiger partial charge in [-0.1, -0.05) is 24.3 Å². The average molecular weight is 272 g/mol. The van der Waals surface area contributed by atoms with E-state index in [-0.39, 0.29) is 12.4 Å². The molecular weight excluding hydrogens is 260 g/mol. The number of ether oxygens (including phenoxy) is 1. The standard InChI is InChI=1S/C15H12O3S/c16-14(10-17-8-11-4-3-7-19-11)13-9-18-15-6-2-1-5-12(13)15/h1-7,9H,8,10H2. The topological polar surface area (TPSA) is 39.4 Å². The van der Waals surface area contributed by atoms with Crippen molar-refractivity contribution in [3.8, 4) is 0 Å². The molecule has 2 heterocycles. The molecule has 3 rings (SSSR count). The summed E-state index contributed by atoms with van der Waals surface area (Å²) in [5.41, 5.74) is 1.31. The lowest BCUT2D eigenvalue weighted by molar-refractivity contribution is 0.0732. The highest BCUT2D eigenvalue weighted by molar-refractivity contribution is 7.09. The quantitative estimate of drug-likeness (QED) is 0.661. The Morgan fingerprint density at radius 1 is 1.21 bits per heavy atom. The van der Waals surface area contributed by atoms with Crippen LogP contribution in [0, 0.1) is 0 Å². The molecule has 0 radical (unpaired) electrons. The Morgan fingerprint density at radius 3 is 2.95 bits per heavy atom. The molecule has 0 aliphatic carbocycles. The highest BCUT2D eigenvalue weighted by Crippen LogP contribution is 2.21. The third kappa shape index (κ3) is 2.59. The lowest BCUT2D eigenvalue weighted by Crippen LogP contribution is -2.08. The smallest absolute Gasteiger partial charge is 0.192 e. The van der Waals surface area contributed by atoms with Crippen LogP contribution in [0.3, 0.4) is 0 Å². The molecule has 96 valence electrons. The van der Waals surface area contributed by atoms with Crippen LogP contribution in [-0.4, -0.2) is 12.4 Å². The van der Waals surface area contributed by atoms with E-state index in [1.54, 1.807) is 11.3 Å². The number of ketones is 1. The minimum absolute atomic E-state index is 0.0542. The fraction of sp³-hybridized carbons (Fsp3) is 0.133. The van der Waals surface area contributed by atoms with Gasteiger partial charge < -0.3 is 9.15 Å². The van der Waals surface area contributed by atoms with Crippen molar-refractivity contribution >= 4 is 28.1 Å². The fourth-order valence-corrected chi connectivity index (χ4v) is 2.55. The van der Waals surface area contributed by atoms with Gasteiger partial charge in [0.15, 0.2) is 5.78 Å². The Morgan fingerprint density at radius 2 is 2.11 bits per heavy atom. The number of fused-ring (bicyclic) bond motifs is 1. The SMILES string of the molecule is O=C(COCc1cccs1)c1coc2ccccc12. The summed E-state index contributed by atoms with van der Waals surface area (Å²) in [6, 6.07) is 11.5. The van der Waals surface area contributed by atoms with Gasteiger partial charge in [-0.25, -0.2) is 0 Å². The first-order chi connectivity index (χ1) is 9.34. The zero-order valence-electron chi connectivity index (χ0n) is 10.2. The summed E-state index contributed by atoms with van der Waals surface area (Å²) in [6.45, 7) is 0.542. The largest absolute Gasteiger partial charge is 0.464 e. The zero-order valence-corrected chi connectivity index (χ0v) is 11.0. The molecule has 0 aliphatic rings. The van der Waals surface area contributed by atoms with Crippen molar-refractivity contribution in [3.05, 3.63) is 58.5 Å². The Kier molecular flexibility index (Phi) is 3.44. The summed E-state index contributed by atoms with van der Waals surface area (Å²) in [5.74, 6) is -0.0542. The number of furan rings is 1. The summed E-state index contributed by atoms with van der Waals surface area (Å²) in [6.07, 6.45) is 1.50. The summed E-state index contributed by atoms with van der Waals surface area (Å²) >= 11 is 1.62. The normalized spacial score (nSPS) is 10.9. The van der Waals surface area contributed by atoms with Gasteiger partial charge in [0.1, 0.15) is 18.5 Å². The molecule has 0 atom stereocenters. The van der Waals surface area contributed by atoms with Crippen molar-refractivity contribution in [1.82, 2.24) is 0 Å². The molecule has 0 N–H and O–H groups in total. The molecular formula is C15H12O3S. The fourth-order valence-electron chi connectivity index (χ4n) is 1.91. The van der Waals surface area contributed by atoms with Crippen molar-refractivity contribution in [1.29, 1.82) is 0 Å². The molecule has 0 bridgehead atoms. The zero-order chi connectivity index (χ0) is 13.1. The van der Waals surface area contributed by atoms with Crippen LogP contribution in [0.25, 0.3) is 11.0 Å². The molecule has 0 unspecified atom stereocenters. The molecule has 0 aliphatic heterocycles. The number of carbonyl (C=O) groups excluding carboxylic acids is 1. The number of hydrogen-bond donors (Lipinski definition) is 0. The summed E-state index contributed by atoms with van der Waals surface area (Å²) < 4.78 is 10.8. The highest BCUT2D eigenvalue weighted by Gasteiger charge is 2.13. The molecule has 0 saturated carbocycles. The first kappa shape index (κ1) is 12.1. The van der Waals surface area contributed by atoms with Gasteiger partial charge in [0.25, 0.3) is 0 Å². The number of rotatable bonds is 5. The summed E-state index contributed by atoms with van der Waals surface area (Å²) in [4.78, 5) is 13.2. The van der Waals surface area contributed by atoms with Crippen molar-refractivity contribution in [2.75, 3.05) is 6.61 Å². The molecule has 3 nitrogen and oxygen atoms in total. The number of para-hydroxylation sites is 1. The Balaban J connectivity index is 1.67. The number of hydrogen-bond acceptors (Lipinski definition) is 4. The third-order valence-electron chi connectivity index (χ3n) is 2.84. The molecule has 2 aromatic heterocycles. The Bertz CT molecular complexity index is 682. The monoisotopic (exact) mass is 272 g/mol. The molecule has 3 aromatic rings. The van der Waals surface area contributed by atoms with Gasteiger partial charge in [0.05, 0.1) is 12.2 Å². The van der Waals surface area contributed by atoms with Crippen molar-refractivity contribution in [2.45, 2.75) is 6.61 Å². The van der Waals surface area contributed by atoms with Crippen LogP contribution in [0.5, 0.6) is 0 Å². The Hall–Kier alpha value is -1.91. The maximum Gasteiger partial charge on any atom is 0.192 e. The number of carbonyl (C=O) groups is 1. The maximum absolute atomic E-state index is 12.1. The van der Waals surface area contributed by atoms with E-state index >= 15 is 0 Å². The molecule has 1 aromatic carbocycles. The van der Waals surface area contributed by atoms with Gasteiger partial charge in [-0.05, 0) is 17.5 Å². The number of thiophene rings is 1. The summed E-state index contributed by atoms with van der Waals surface area (Å²) in [5, 5.41) is 2.83. The molecule has 0 spiro atoms. The van der Waals surface area contributed by atoms with E-state index in [0.717, 1.165) is 15.8 Å². The predicted octanol–water partition coefficient (Wildman–Crippen LogP) is 3.89. The van der Waals surface area contributed by atoms with Crippen LogP contribution >= 0.6 is 11.3 Å². The molecule has 0 amide bonds. The van der Waals surface area contributed by atoms with Crippen LogP contribution in [0.15, 0.2) is 52.5 Å². The molecule has 0 fully saturated rings. The van der Waals surface area contributed by atoms with Crippen LogP contribution in [-0.2, 0) is 11.3 Å². The van der Waals surface area contributed by atoms with Crippen LogP contribution in [0.2, 0.25) is 0 Å². The van der Waals surface area contributed by atoms with Gasteiger partial charge in [-0.15, -0.1) is 11.3 Å². The lowest BCUT2D eigenvalue weighted by Gasteiger charge is -2.00. The highest BCUT2D eigenvalue weighted by atomic mass is 32.1. The second kappa shape index (κ2) is 5.38. The second-order valence-corrected chi connectivity index (χ2v) is 5.17. The van der Waals surface area contributed by atoms with E-state index in [1.165, 1.54) is 6.26 Å². The van der Waals surface area contributed by atoms with E-state index in [1.807, 2.05) is 41.8 Å². The molecule has 19 heavy (non-hydrogen) atoms. The first-order valence-corrected chi connectivity index (χ1v) is 6.82. The van der Waals surface area contributed by atoms with Gasteiger partial charge in [-0.2, -0.15) is 0 Å².